The lowest BCUT2D eigenvalue weighted by Crippen LogP contribution is -2.37. The fourth-order valence-electron chi connectivity index (χ4n) is 2.13. The largest absolute Gasteiger partial charge is 0.443 e. The minimum absolute atomic E-state index is 0.144. The molecule has 2 N–H and O–H groups in total. The van der Waals surface area contributed by atoms with Gasteiger partial charge in [0, 0.05) is 18.9 Å². The average molecular weight is 314 g/mol. The van der Waals surface area contributed by atoms with Gasteiger partial charge in [0.15, 0.2) is 0 Å². The van der Waals surface area contributed by atoms with Crippen molar-refractivity contribution in [3.8, 4) is 12.0 Å². The molecule has 23 heavy (non-hydrogen) atoms. The molecule has 2 aromatic heterocycles. The molecule has 2 rings (SSSR count). The van der Waals surface area contributed by atoms with Gasteiger partial charge >= 0.3 is 0 Å². The lowest BCUT2D eigenvalue weighted by Gasteiger charge is -2.05. The highest BCUT2D eigenvalue weighted by Gasteiger charge is 2.24. The van der Waals surface area contributed by atoms with Crippen molar-refractivity contribution < 1.29 is 14.0 Å². The number of rotatable bonds is 6. The average Bonchev–Trinajstić information content (AvgIpc) is 3.17. The number of carbonyl (C=O) groups is 2. The molecule has 120 valence electrons. The molecule has 2 heterocycles. The minimum atomic E-state index is -0.507. The van der Waals surface area contributed by atoms with Crippen LogP contribution in [0.2, 0.25) is 0 Å². The molecule has 0 atom stereocenters. The molecular weight excluding hydrogens is 296 g/mol. The maximum atomic E-state index is 12.3. The summed E-state index contributed by atoms with van der Waals surface area (Å²) in [5, 5.41) is 14.5. The van der Waals surface area contributed by atoms with Crippen molar-refractivity contribution in [1.29, 1.82) is 5.26 Å². The zero-order valence-corrected chi connectivity index (χ0v) is 13.0. The summed E-state index contributed by atoms with van der Waals surface area (Å²) in [4.78, 5) is 23.8. The van der Waals surface area contributed by atoms with Crippen molar-refractivity contribution in [2.45, 2.75) is 20.3 Å². The molecule has 0 unspecified atom stereocenters. The number of nitriles is 1. The van der Waals surface area contributed by atoms with Crippen LogP contribution in [0.4, 0.5) is 0 Å². The van der Waals surface area contributed by atoms with Gasteiger partial charge in [-0.3, -0.25) is 14.2 Å². The third kappa shape index (κ3) is 3.61. The lowest BCUT2D eigenvalue weighted by molar-refractivity contribution is -0.120. The van der Waals surface area contributed by atoms with E-state index in [4.69, 9.17) is 4.42 Å². The summed E-state index contributed by atoms with van der Waals surface area (Å²) in [5.41, 5.74) is 0.296. The van der Waals surface area contributed by atoms with Gasteiger partial charge in [-0.1, -0.05) is 6.92 Å². The first-order chi connectivity index (χ1) is 11.1. The Morgan fingerprint density at radius 2 is 2.00 bits per heavy atom. The molecule has 0 fully saturated rings. The van der Waals surface area contributed by atoms with Crippen LogP contribution in [-0.2, 0) is 4.79 Å². The first kappa shape index (κ1) is 16.4. The van der Waals surface area contributed by atoms with Gasteiger partial charge in [-0.25, -0.2) is 0 Å². The van der Waals surface area contributed by atoms with Crippen LogP contribution in [0.15, 0.2) is 28.9 Å². The van der Waals surface area contributed by atoms with Crippen LogP contribution in [0.5, 0.6) is 0 Å². The van der Waals surface area contributed by atoms with Crippen LogP contribution < -0.4 is 10.6 Å². The first-order valence-electron chi connectivity index (χ1n) is 7.30. The molecule has 0 spiro atoms. The van der Waals surface area contributed by atoms with E-state index in [9.17, 15) is 14.9 Å². The quantitative estimate of drug-likeness (QED) is 0.844. The number of aromatic nitrogens is 1. The fourth-order valence-corrected chi connectivity index (χ4v) is 2.13. The molecule has 0 aromatic carbocycles. The summed E-state index contributed by atoms with van der Waals surface area (Å²) in [5.74, 6) is -0.161. The van der Waals surface area contributed by atoms with Crippen LogP contribution >= 0.6 is 0 Å². The Morgan fingerprint density at radius 1 is 1.30 bits per heavy atom. The second kappa shape index (κ2) is 7.31. The van der Waals surface area contributed by atoms with E-state index >= 15 is 0 Å². The van der Waals surface area contributed by atoms with Crippen molar-refractivity contribution in [2.24, 2.45) is 0 Å². The van der Waals surface area contributed by atoms with Crippen molar-refractivity contribution in [3.05, 3.63) is 41.4 Å². The Morgan fingerprint density at radius 3 is 2.61 bits per heavy atom. The van der Waals surface area contributed by atoms with Crippen molar-refractivity contribution >= 4 is 11.8 Å². The molecule has 0 radical (unpaired) electrons. The van der Waals surface area contributed by atoms with Gasteiger partial charge in [-0.05, 0) is 25.5 Å². The van der Waals surface area contributed by atoms with Crippen molar-refractivity contribution in [2.75, 3.05) is 13.1 Å². The topological polar surface area (TPSA) is 100 Å². The van der Waals surface area contributed by atoms with Crippen LogP contribution in [0.25, 0.3) is 5.88 Å². The molecule has 0 aliphatic rings. The monoisotopic (exact) mass is 314 g/mol. The molecule has 0 aliphatic carbocycles. The number of hydrogen-bond donors (Lipinski definition) is 2. The number of carbonyl (C=O) groups excluding carboxylic acids is 2. The molecule has 2 aromatic rings. The van der Waals surface area contributed by atoms with Gasteiger partial charge in [-0.15, -0.1) is 0 Å². The summed E-state index contributed by atoms with van der Waals surface area (Å²) in [6.45, 7) is 3.96. The maximum Gasteiger partial charge on any atom is 0.256 e. The number of furan rings is 1. The zero-order chi connectivity index (χ0) is 16.8. The maximum absolute atomic E-state index is 12.3. The molecule has 2 amide bonds. The molecule has 0 bridgehead atoms. The predicted molar refractivity (Wildman–Crippen MR) is 83.1 cm³/mol. The summed E-state index contributed by atoms with van der Waals surface area (Å²) in [6.07, 6.45) is 4.26. The number of aryl methyl sites for hydroxylation is 1. The summed E-state index contributed by atoms with van der Waals surface area (Å²) in [7, 11) is 0. The van der Waals surface area contributed by atoms with E-state index < -0.39 is 5.91 Å². The Balaban J connectivity index is 2.18. The fraction of sp³-hybridized carbons (Fsp3) is 0.312. The van der Waals surface area contributed by atoms with Gasteiger partial charge < -0.3 is 15.1 Å². The van der Waals surface area contributed by atoms with E-state index in [0.717, 1.165) is 6.42 Å². The predicted octanol–water partition coefficient (Wildman–Crippen LogP) is 1.51. The Bertz CT molecular complexity index is 738. The van der Waals surface area contributed by atoms with Crippen LogP contribution in [0, 0.1) is 18.3 Å². The second-order valence-electron chi connectivity index (χ2n) is 4.95. The summed E-state index contributed by atoms with van der Waals surface area (Å²) in [6, 6.07) is 5.58. The highest BCUT2D eigenvalue weighted by molar-refractivity contribution is 6.00. The lowest BCUT2D eigenvalue weighted by atomic mass is 10.1. The van der Waals surface area contributed by atoms with E-state index in [0.29, 0.717) is 12.3 Å². The smallest absolute Gasteiger partial charge is 0.256 e. The van der Waals surface area contributed by atoms with E-state index in [1.54, 1.807) is 36.0 Å². The Labute approximate surface area is 133 Å². The highest BCUT2D eigenvalue weighted by atomic mass is 16.4. The summed E-state index contributed by atoms with van der Waals surface area (Å²) >= 11 is 0. The SMILES string of the molecule is CCCNC(=O)CNC(=O)c1c(C)oc(-n2cccc2)c1C#N. The number of amides is 2. The number of nitrogens with zero attached hydrogens (tertiary/aromatic N) is 2. The minimum Gasteiger partial charge on any atom is -0.443 e. The van der Waals surface area contributed by atoms with Crippen molar-refractivity contribution in [1.82, 2.24) is 15.2 Å². The van der Waals surface area contributed by atoms with E-state index in [2.05, 4.69) is 10.6 Å². The Kier molecular flexibility index (Phi) is 5.20. The third-order valence-electron chi connectivity index (χ3n) is 3.23. The summed E-state index contributed by atoms with van der Waals surface area (Å²) < 4.78 is 7.17. The molecule has 0 saturated heterocycles. The zero-order valence-electron chi connectivity index (χ0n) is 13.0. The van der Waals surface area contributed by atoms with Gasteiger partial charge in [0.1, 0.15) is 23.0 Å². The Hall–Kier alpha value is -3.01. The molecule has 0 saturated carbocycles. The first-order valence-corrected chi connectivity index (χ1v) is 7.30. The van der Waals surface area contributed by atoms with E-state index in [1.807, 2.05) is 13.0 Å². The standard InChI is InChI=1S/C16H18N4O3/c1-3-6-18-13(21)10-19-15(22)14-11(2)23-16(12(14)9-17)20-7-4-5-8-20/h4-5,7-8H,3,6,10H2,1-2H3,(H,18,21)(H,19,22). The van der Waals surface area contributed by atoms with E-state index in [-0.39, 0.29) is 29.5 Å². The highest BCUT2D eigenvalue weighted by Crippen LogP contribution is 2.25. The van der Waals surface area contributed by atoms with Crippen molar-refractivity contribution in [3.63, 3.8) is 0 Å². The van der Waals surface area contributed by atoms with E-state index in [1.165, 1.54) is 0 Å². The molecule has 7 nitrogen and oxygen atoms in total. The van der Waals surface area contributed by atoms with Gasteiger partial charge in [0.25, 0.3) is 5.91 Å². The number of hydrogen-bond acceptors (Lipinski definition) is 4. The molecule has 7 heteroatoms. The van der Waals surface area contributed by atoms with Gasteiger partial charge in [0.2, 0.25) is 11.8 Å². The molecule has 0 aliphatic heterocycles. The molecular formula is C16H18N4O3. The van der Waals surface area contributed by atoms with Gasteiger partial charge in [0.05, 0.1) is 6.54 Å². The second-order valence-corrected chi connectivity index (χ2v) is 4.95. The van der Waals surface area contributed by atoms with Crippen LogP contribution in [0.3, 0.4) is 0 Å². The third-order valence-corrected chi connectivity index (χ3v) is 3.23. The van der Waals surface area contributed by atoms with Crippen LogP contribution in [-0.4, -0.2) is 29.5 Å². The van der Waals surface area contributed by atoms with Crippen LogP contribution in [0.1, 0.15) is 35.0 Å². The normalized spacial score (nSPS) is 10.1. The number of nitrogens with one attached hydrogen (secondary N) is 2. The van der Waals surface area contributed by atoms with Gasteiger partial charge in [-0.2, -0.15) is 5.26 Å².